The van der Waals surface area contributed by atoms with E-state index in [0.717, 1.165) is 0 Å². The summed E-state index contributed by atoms with van der Waals surface area (Å²) in [4.78, 5) is 0. The number of alkyl halides is 14. The Balaban J connectivity index is 3.88. The van der Waals surface area contributed by atoms with E-state index >= 15 is 0 Å². The highest BCUT2D eigenvalue weighted by Crippen LogP contribution is 2.56. The van der Waals surface area contributed by atoms with Gasteiger partial charge in [-0.3, -0.25) is 0 Å². The predicted octanol–water partition coefficient (Wildman–Crippen LogP) is 7.62. The summed E-state index contributed by atoms with van der Waals surface area (Å²) >= 11 is 0. The van der Waals surface area contributed by atoms with Gasteiger partial charge in [-0.05, 0) is 18.4 Å². The quantitative estimate of drug-likeness (QED) is 0.361. The second kappa shape index (κ2) is 7.74. The van der Waals surface area contributed by atoms with E-state index in [-0.39, 0.29) is 31.0 Å². The smallest absolute Gasteiger partial charge is 0.194 e. The van der Waals surface area contributed by atoms with Crippen molar-refractivity contribution < 1.29 is 61.5 Å². The third kappa shape index (κ3) is 4.05. The number of halogens is 14. The fourth-order valence-electron chi connectivity index (χ4n) is 2.32. The van der Waals surface area contributed by atoms with E-state index in [1.807, 2.05) is 0 Å². The molecule has 0 nitrogen and oxygen atoms in total. The fourth-order valence-corrected chi connectivity index (χ4v) is 2.32. The average molecular weight is 469 g/mol. The Hall–Kier alpha value is -1.76. The van der Waals surface area contributed by atoms with E-state index in [1.165, 1.54) is 6.92 Å². The first-order chi connectivity index (χ1) is 13.2. The van der Waals surface area contributed by atoms with Crippen LogP contribution in [-0.2, 0) is 11.8 Å². The van der Waals surface area contributed by atoms with E-state index in [1.54, 1.807) is 0 Å². The molecule has 30 heavy (non-hydrogen) atoms. The van der Waals surface area contributed by atoms with Gasteiger partial charge in [0, 0.05) is 11.1 Å². The highest BCUT2D eigenvalue weighted by molar-refractivity contribution is 5.47. The summed E-state index contributed by atoms with van der Waals surface area (Å²) in [5.74, 6) is -26.3. The second-order valence-electron chi connectivity index (χ2n) is 6.05. The topological polar surface area (TPSA) is 0 Å². The summed E-state index contributed by atoms with van der Waals surface area (Å²) in [6.45, 7) is 1.25. The van der Waals surface area contributed by atoms with E-state index < -0.39 is 59.2 Å². The highest BCUT2D eigenvalue weighted by atomic mass is 19.4. The first-order valence-electron chi connectivity index (χ1n) is 7.79. The van der Waals surface area contributed by atoms with Crippen LogP contribution in [0.2, 0.25) is 0 Å². The predicted molar refractivity (Wildman–Crippen MR) is 74.5 cm³/mol. The van der Waals surface area contributed by atoms with Gasteiger partial charge in [0.15, 0.2) is 0 Å². The van der Waals surface area contributed by atoms with Crippen molar-refractivity contribution in [3.63, 3.8) is 0 Å². The molecule has 0 heterocycles. The second-order valence-corrected chi connectivity index (χ2v) is 6.05. The first kappa shape index (κ1) is 26.3. The Kier molecular flexibility index (Phi) is 6.78. The molecule has 0 saturated heterocycles. The molecule has 1 aromatic carbocycles. The first-order valence-corrected chi connectivity index (χ1v) is 7.79. The maximum absolute atomic E-state index is 14.1. The zero-order chi connectivity index (χ0) is 24.0. The zero-order valence-corrected chi connectivity index (χ0v) is 14.5. The van der Waals surface area contributed by atoms with Gasteiger partial charge in [0.1, 0.15) is 0 Å². The lowest BCUT2D eigenvalue weighted by atomic mass is 9.86. The van der Waals surface area contributed by atoms with Gasteiger partial charge >= 0.3 is 36.0 Å². The zero-order valence-electron chi connectivity index (χ0n) is 14.5. The molecule has 0 N–H and O–H groups in total. The molecule has 0 spiro atoms. The van der Waals surface area contributed by atoms with Crippen LogP contribution in [0.1, 0.15) is 36.5 Å². The van der Waals surface area contributed by atoms with Crippen LogP contribution in [0.4, 0.5) is 61.5 Å². The minimum absolute atomic E-state index is 0.0469. The van der Waals surface area contributed by atoms with Gasteiger partial charge in [0.25, 0.3) is 0 Å². The van der Waals surface area contributed by atoms with Gasteiger partial charge in [-0.25, -0.2) is 0 Å². The van der Waals surface area contributed by atoms with Gasteiger partial charge in [-0.15, -0.1) is 0 Å². The van der Waals surface area contributed by atoms with Gasteiger partial charge in [-0.2, -0.15) is 61.5 Å². The summed E-state index contributed by atoms with van der Waals surface area (Å²) in [5.41, 5.74) is -6.93. The SMILES string of the molecule is CCC[CH]c1c(C(F)(F)C(F)(F)C(F)(F)F)cccc1C(F)(F)C(F)(F)C(F)(F)F. The van der Waals surface area contributed by atoms with Crippen molar-refractivity contribution in [1.29, 1.82) is 0 Å². The highest BCUT2D eigenvalue weighted by Gasteiger charge is 2.76. The summed E-state index contributed by atoms with van der Waals surface area (Å²) in [5, 5.41) is 0. The Labute approximate surface area is 159 Å². The lowest BCUT2D eigenvalue weighted by molar-refractivity contribution is -0.361. The van der Waals surface area contributed by atoms with Crippen LogP contribution in [0.3, 0.4) is 0 Å². The van der Waals surface area contributed by atoms with Crippen LogP contribution in [0.25, 0.3) is 0 Å². The van der Waals surface area contributed by atoms with E-state index in [4.69, 9.17) is 0 Å². The Morgan fingerprint density at radius 2 is 0.967 bits per heavy atom. The summed E-state index contributed by atoms with van der Waals surface area (Å²) in [7, 11) is 0. The summed E-state index contributed by atoms with van der Waals surface area (Å²) < 4.78 is 184. The molecule has 0 aliphatic carbocycles. The molecule has 1 radical (unpaired) electrons. The molecule has 0 saturated carbocycles. The van der Waals surface area contributed by atoms with Crippen molar-refractivity contribution in [2.75, 3.05) is 0 Å². The Morgan fingerprint density at radius 1 is 0.633 bits per heavy atom. The van der Waals surface area contributed by atoms with Crippen molar-refractivity contribution in [3.8, 4) is 0 Å². The normalized spacial score (nSPS) is 14.9. The van der Waals surface area contributed by atoms with Crippen LogP contribution in [0, 0.1) is 6.42 Å². The van der Waals surface area contributed by atoms with Crippen LogP contribution < -0.4 is 0 Å². The van der Waals surface area contributed by atoms with Crippen LogP contribution in [0.15, 0.2) is 18.2 Å². The minimum atomic E-state index is -6.90. The molecule has 1 aromatic rings. The molecular formula is C16H11F14. The summed E-state index contributed by atoms with van der Waals surface area (Å²) in [6.07, 6.45) is -14.3. The summed E-state index contributed by atoms with van der Waals surface area (Å²) in [6, 6.07) is -0.423. The van der Waals surface area contributed by atoms with Crippen molar-refractivity contribution in [2.24, 2.45) is 0 Å². The monoisotopic (exact) mass is 469 g/mol. The van der Waals surface area contributed by atoms with Crippen LogP contribution in [-0.4, -0.2) is 24.2 Å². The molecule has 0 aromatic heterocycles. The number of hydrogen-bond donors (Lipinski definition) is 0. The third-order valence-corrected chi connectivity index (χ3v) is 3.92. The maximum atomic E-state index is 14.1. The van der Waals surface area contributed by atoms with Crippen LogP contribution in [0.5, 0.6) is 0 Å². The lowest BCUT2D eigenvalue weighted by Crippen LogP contribution is -2.52. The van der Waals surface area contributed by atoms with Crippen molar-refractivity contribution in [3.05, 3.63) is 41.3 Å². The molecular weight excluding hydrogens is 458 g/mol. The lowest BCUT2D eigenvalue weighted by Gasteiger charge is -2.33. The molecule has 0 aliphatic heterocycles. The van der Waals surface area contributed by atoms with E-state index in [0.29, 0.717) is 0 Å². The molecule has 0 amide bonds. The van der Waals surface area contributed by atoms with Gasteiger partial charge in [-0.1, -0.05) is 31.5 Å². The molecule has 0 bridgehead atoms. The number of rotatable bonds is 7. The number of benzene rings is 1. The van der Waals surface area contributed by atoms with Gasteiger partial charge in [0.2, 0.25) is 0 Å². The fraction of sp³-hybridized carbons (Fsp3) is 0.562. The number of unbranched alkanes of at least 4 members (excludes halogenated alkanes) is 1. The standard InChI is InChI=1S/C16H11F14/c1-2-3-5-8-9(11(17,18)13(21,22)15(25,26)27)6-4-7-10(8)12(19,20)14(23,24)16(28,29)30/h4-7H,2-3H2,1H3. The minimum Gasteiger partial charge on any atom is -0.194 e. The van der Waals surface area contributed by atoms with Crippen molar-refractivity contribution >= 4 is 0 Å². The number of hydrogen-bond acceptors (Lipinski definition) is 0. The van der Waals surface area contributed by atoms with E-state index in [9.17, 15) is 61.5 Å². The molecule has 14 heteroatoms. The Bertz CT molecular complexity index is 685. The molecule has 173 valence electrons. The Morgan fingerprint density at radius 3 is 1.23 bits per heavy atom. The van der Waals surface area contributed by atoms with Crippen LogP contribution >= 0.6 is 0 Å². The molecule has 1 rings (SSSR count). The maximum Gasteiger partial charge on any atom is 0.460 e. The van der Waals surface area contributed by atoms with Crippen molar-refractivity contribution in [2.45, 2.75) is 55.8 Å². The molecule has 0 fully saturated rings. The third-order valence-electron chi connectivity index (χ3n) is 3.92. The average Bonchev–Trinajstić information content (AvgIpc) is 2.57. The molecule has 0 aliphatic rings. The van der Waals surface area contributed by atoms with Gasteiger partial charge in [0.05, 0.1) is 0 Å². The molecule has 0 atom stereocenters. The largest absolute Gasteiger partial charge is 0.460 e. The van der Waals surface area contributed by atoms with Gasteiger partial charge < -0.3 is 0 Å². The van der Waals surface area contributed by atoms with Crippen molar-refractivity contribution in [1.82, 2.24) is 0 Å². The molecule has 0 unspecified atom stereocenters. The van der Waals surface area contributed by atoms with E-state index in [2.05, 4.69) is 0 Å².